The Bertz CT molecular complexity index is 388. The third-order valence-corrected chi connectivity index (χ3v) is 1.53. The summed E-state index contributed by atoms with van der Waals surface area (Å²) in [5.41, 5.74) is 4.37. The fourth-order valence-corrected chi connectivity index (χ4v) is 0.887. The smallest absolute Gasteiger partial charge is 0.330 e. The van der Waals surface area contributed by atoms with E-state index in [0.29, 0.717) is 13.0 Å². The predicted molar refractivity (Wildman–Crippen MR) is 49.8 cm³/mol. The normalized spacial score (nSPS) is 10.7. The van der Waals surface area contributed by atoms with E-state index in [9.17, 15) is 13.2 Å². The van der Waals surface area contributed by atoms with E-state index in [4.69, 9.17) is 5.73 Å². The van der Waals surface area contributed by atoms with Gasteiger partial charge in [0.2, 0.25) is 0 Å². The molecule has 15 heavy (non-hydrogen) atoms. The average molecular weight is 214 g/mol. The van der Waals surface area contributed by atoms with Crippen LogP contribution in [0, 0.1) is 11.8 Å². The first-order chi connectivity index (χ1) is 7.04. The molecule has 0 unspecified atom stereocenters. The van der Waals surface area contributed by atoms with Gasteiger partial charge in [-0.05, 0) is 18.1 Å². The molecule has 2 nitrogen and oxygen atoms in total. The van der Waals surface area contributed by atoms with Crippen LogP contribution in [0.5, 0.6) is 0 Å². The molecule has 1 aromatic heterocycles. The Labute approximate surface area is 85.3 Å². The first-order valence-electron chi connectivity index (χ1n) is 4.27. The minimum Gasteiger partial charge on any atom is -0.330 e. The summed E-state index contributed by atoms with van der Waals surface area (Å²) >= 11 is 0. The van der Waals surface area contributed by atoms with Crippen molar-refractivity contribution in [1.82, 2.24) is 4.98 Å². The molecule has 0 aliphatic heterocycles. The number of pyridine rings is 1. The largest absolute Gasteiger partial charge is 0.433 e. The van der Waals surface area contributed by atoms with Gasteiger partial charge < -0.3 is 5.73 Å². The zero-order valence-electron chi connectivity index (χ0n) is 7.80. The van der Waals surface area contributed by atoms with Crippen molar-refractivity contribution in [3.05, 3.63) is 29.6 Å². The first-order valence-corrected chi connectivity index (χ1v) is 4.27. The molecule has 0 aromatic carbocycles. The van der Waals surface area contributed by atoms with Gasteiger partial charge in [-0.3, -0.25) is 0 Å². The molecule has 0 fully saturated rings. The van der Waals surface area contributed by atoms with Crippen LogP contribution >= 0.6 is 0 Å². The van der Waals surface area contributed by atoms with Gasteiger partial charge in [-0.15, -0.1) is 0 Å². The molecule has 1 rings (SSSR count). The minimum atomic E-state index is -4.43. The molecular weight excluding hydrogens is 205 g/mol. The Kier molecular flexibility index (Phi) is 3.69. The molecule has 0 amide bonds. The molecule has 0 aliphatic carbocycles. The number of hydrogen-bond acceptors (Lipinski definition) is 2. The second-order valence-corrected chi connectivity index (χ2v) is 2.75. The van der Waals surface area contributed by atoms with Crippen molar-refractivity contribution in [1.29, 1.82) is 0 Å². The van der Waals surface area contributed by atoms with Gasteiger partial charge in [-0.2, -0.15) is 13.2 Å². The number of rotatable bonds is 1. The molecule has 2 N–H and O–H groups in total. The van der Waals surface area contributed by atoms with E-state index in [0.717, 1.165) is 6.07 Å². The lowest BCUT2D eigenvalue weighted by Gasteiger charge is -2.04. The quantitative estimate of drug-likeness (QED) is 0.724. The lowest BCUT2D eigenvalue weighted by Crippen LogP contribution is -2.08. The van der Waals surface area contributed by atoms with Crippen molar-refractivity contribution in [3.8, 4) is 11.8 Å². The van der Waals surface area contributed by atoms with Gasteiger partial charge in [0, 0.05) is 13.0 Å². The summed E-state index contributed by atoms with van der Waals surface area (Å²) in [6.45, 7) is 0.381. The van der Waals surface area contributed by atoms with Crippen molar-refractivity contribution in [3.63, 3.8) is 0 Å². The highest BCUT2D eigenvalue weighted by Crippen LogP contribution is 2.27. The molecule has 5 heteroatoms. The molecule has 1 heterocycles. The van der Waals surface area contributed by atoms with E-state index in [1.165, 1.54) is 12.1 Å². The monoisotopic (exact) mass is 214 g/mol. The fraction of sp³-hybridized carbons (Fsp3) is 0.300. The van der Waals surface area contributed by atoms with E-state index >= 15 is 0 Å². The molecule has 0 atom stereocenters. The number of alkyl halides is 3. The second kappa shape index (κ2) is 4.80. The maximum absolute atomic E-state index is 12.2. The highest BCUT2D eigenvalue weighted by Gasteiger charge is 2.32. The van der Waals surface area contributed by atoms with Gasteiger partial charge in [0.05, 0.1) is 0 Å². The van der Waals surface area contributed by atoms with E-state index in [-0.39, 0.29) is 5.69 Å². The topological polar surface area (TPSA) is 38.9 Å². The lowest BCUT2D eigenvalue weighted by atomic mass is 10.3. The maximum Gasteiger partial charge on any atom is 0.433 e. The molecule has 0 radical (unpaired) electrons. The molecule has 1 aromatic rings. The molecule has 0 aliphatic rings. The standard InChI is InChI=1S/C10H9F3N2/c11-10(12,13)9-6-3-5-8(15-9)4-1-2-7-14/h3,5-6H,2,7,14H2. The fourth-order valence-electron chi connectivity index (χ4n) is 0.887. The van der Waals surface area contributed by atoms with Crippen LogP contribution in [0.25, 0.3) is 0 Å². The van der Waals surface area contributed by atoms with Crippen LogP contribution in [0.4, 0.5) is 13.2 Å². The summed E-state index contributed by atoms with van der Waals surface area (Å²) in [7, 11) is 0. The number of nitrogens with zero attached hydrogens (tertiary/aromatic N) is 1. The Morgan fingerprint density at radius 2 is 2.07 bits per heavy atom. The molecular formula is C10H9F3N2. The molecule has 0 bridgehead atoms. The van der Waals surface area contributed by atoms with Crippen molar-refractivity contribution in [2.45, 2.75) is 12.6 Å². The molecule has 80 valence electrons. The zero-order chi connectivity index (χ0) is 11.3. The Morgan fingerprint density at radius 1 is 1.33 bits per heavy atom. The van der Waals surface area contributed by atoms with E-state index in [2.05, 4.69) is 16.8 Å². The second-order valence-electron chi connectivity index (χ2n) is 2.75. The van der Waals surface area contributed by atoms with Crippen LogP contribution in [0.3, 0.4) is 0 Å². The maximum atomic E-state index is 12.2. The minimum absolute atomic E-state index is 0.110. The predicted octanol–water partition coefficient (Wildman–Crippen LogP) is 1.80. The van der Waals surface area contributed by atoms with Crippen molar-refractivity contribution in [2.75, 3.05) is 6.54 Å². The van der Waals surface area contributed by atoms with E-state index in [1.807, 2.05) is 0 Å². The van der Waals surface area contributed by atoms with E-state index in [1.54, 1.807) is 0 Å². The molecule has 0 saturated heterocycles. The summed E-state index contributed by atoms with van der Waals surface area (Å²) in [5.74, 6) is 5.14. The van der Waals surface area contributed by atoms with Crippen LogP contribution < -0.4 is 5.73 Å². The van der Waals surface area contributed by atoms with Crippen molar-refractivity contribution < 1.29 is 13.2 Å². The van der Waals surface area contributed by atoms with Crippen LogP contribution in [0.15, 0.2) is 18.2 Å². The highest BCUT2D eigenvalue weighted by atomic mass is 19.4. The lowest BCUT2D eigenvalue weighted by molar-refractivity contribution is -0.141. The average Bonchev–Trinajstić information content (AvgIpc) is 2.17. The van der Waals surface area contributed by atoms with Gasteiger partial charge in [0.1, 0.15) is 11.4 Å². The van der Waals surface area contributed by atoms with Gasteiger partial charge in [0.25, 0.3) is 0 Å². The van der Waals surface area contributed by atoms with Gasteiger partial charge in [-0.25, -0.2) is 4.98 Å². The summed E-state index contributed by atoms with van der Waals surface area (Å²) in [6, 6.07) is 3.62. The van der Waals surface area contributed by atoms with Gasteiger partial charge >= 0.3 is 6.18 Å². The zero-order valence-corrected chi connectivity index (χ0v) is 7.80. The van der Waals surface area contributed by atoms with Crippen molar-refractivity contribution >= 4 is 0 Å². The van der Waals surface area contributed by atoms with Crippen LogP contribution in [-0.4, -0.2) is 11.5 Å². The Balaban J connectivity index is 2.90. The van der Waals surface area contributed by atoms with Crippen molar-refractivity contribution in [2.24, 2.45) is 5.73 Å². The highest BCUT2D eigenvalue weighted by molar-refractivity contribution is 5.29. The summed E-state index contributed by atoms with van der Waals surface area (Å²) in [4.78, 5) is 3.38. The Hall–Kier alpha value is -1.54. The molecule has 0 saturated carbocycles. The number of halogens is 3. The third kappa shape index (κ3) is 3.60. The Morgan fingerprint density at radius 3 is 2.67 bits per heavy atom. The molecule has 0 spiro atoms. The first kappa shape index (κ1) is 11.5. The van der Waals surface area contributed by atoms with Gasteiger partial charge in [-0.1, -0.05) is 12.0 Å². The SMILES string of the molecule is NCCC#Cc1cccc(C(F)(F)F)n1. The summed E-state index contributed by atoms with van der Waals surface area (Å²) < 4.78 is 36.7. The van der Waals surface area contributed by atoms with E-state index < -0.39 is 11.9 Å². The van der Waals surface area contributed by atoms with Crippen LogP contribution in [0.2, 0.25) is 0 Å². The number of nitrogens with two attached hydrogens (primary N) is 1. The van der Waals surface area contributed by atoms with Gasteiger partial charge in [0.15, 0.2) is 0 Å². The van der Waals surface area contributed by atoms with Crippen LogP contribution in [0.1, 0.15) is 17.8 Å². The number of hydrogen-bond donors (Lipinski definition) is 1. The summed E-state index contributed by atoms with van der Waals surface area (Å²) in [5, 5.41) is 0. The third-order valence-electron chi connectivity index (χ3n) is 1.53. The number of aromatic nitrogens is 1. The van der Waals surface area contributed by atoms with Crippen LogP contribution in [-0.2, 0) is 6.18 Å². The summed E-state index contributed by atoms with van der Waals surface area (Å²) in [6.07, 6.45) is -3.98.